The van der Waals surface area contributed by atoms with Crippen molar-refractivity contribution in [2.45, 2.75) is 86.0 Å². The van der Waals surface area contributed by atoms with E-state index in [-0.39, 0.29) is 17.2 Å². The Morgan fingerprint density at radius 2 is 2.00 bits per heavy atom. The number of hydrogen-bond donors (Lipinski definition) is 0. The third kappa shape index (κ3) is 3.86. The summed E-state index contributed by atoms with van der Waals surface area (Å²) in [4.78, 5) is 24.3. The molecule has 4 unspecified atom stereocenters. The van der Waals surface area contributed by atoms with E-state index in [0.717, 1.165) is 19.3 Å². The average molecular weight is 387 g/mol. The molecule has 0 radical (unpaired) electrons. The molecule has 3 aliphatic carbocycles. The Kier molecular flexibility index (Phi) is 6.22. The number of Topliss-reactive ketones (excluding diaryl/α,β-unsaturated/α-hetero) is 1. The van der Waals surface area contributed by atoms with Crippen molar-refractivity contribution in [3.8, 4) is 0 Å². The van der Waals surface area contributed by atoms with E-state index >= 15 is 0 Å². The lowest BCUT2D eigenvalue weighted by molar-refractivity contribution is -0.169. The molecule has 0 aromatic heterocycles. The summed E-state index contributed by atoms with van der Waals surface area (Å²) in [6.45, 7) is 11.1. The van der Waals surface area contributed by atoms with Crippen LogP contribution >= 0.6 is 0 Å². The number of ether oxygens (including phenoxy) is 1. The summed E-state index contributed by atoms with van der Waals surface area (Å²) < 4.78 is 5.69. The largest absolute Gasteiger partial charge is 0.465 e. The highest BCUT2D eigenvalue weighted by atomic mass is 16.5. The normalized spacial score (nSPS) is 34.8. The third-order valence-electron chi connectivity index (χ3n) is 7.95. The Bertz CT molecular complexity index is 686. The summed E-state index contributed by atoms with van der Waals surface area (Å²) in [5, 5.41) is 0. The summed E-state index contributed by atoms with van der Waals surface area (Å²) in [6.07, 6.45) is 12.6. The van der Waals surface area contributed by atoms with Gasteiger partial charge in [-0.3, -0.25) is 4.79 Å². The second kappa shape index (κ2) is 8.16. The minimum atomic E-state index is -0.409. The van der Waals surface area contributed by atoms with Crippen molar-refractivity contribution in [2.24, 2.45) is 28.6 Å². The Hall–Kier alpha value is -1.38. The number of allylic oxidation sites excluding steroid dienone is 4. The fourth-order valence-electron chi connectivity index (χ4n) is 6.24. The van der Waals surface area contributed by atoms with Gasteiger partial charge in [0.15, 0.2) is 0 Å². The summed E-state index contributed by atoms with van der Waals surface area (Å²) in [6, 6.07) is 0. The van der Waals surface area contributed by atoms with Gasteiger partial charge in [0.25, 0.3) is 0 Å². The molecule has 3 aliphatic rings. The topological polar surface area (TPSA) is 43.4 Å². The van der Waals surface area contributed by atoms with Gasteiger partial charge in [0.05, 0.1) is 12.0 Å². The Morgan fingerprint density at radius 1 is 1.25 bits per heavy atom. The highest BCUT2D eigenvalue weighted by Crippen LogP contribution is 2.62. The van der Waals surface area contributed by atoms with Crippen molar-refractivity contribution >= 4 is 11.8 Å². The van der Waals surface area contributed by atoms with Crippen molar-refractivity contribution in [3.05, 3.63) is 23.3 Å². The molecule has 3 rings (SSSR count). The van der Waals surface area contributed by atoms with E-state index in [1.54, 1.807) is 12.5 Å². The molecular formula is C25H38O3. The number of carbonyl (C=O) groups excluding carboxylic acids is 2. The Morgan fingerprint density at radius 3 is 2.68 bits per heavy atom. The first-order chi connectivity index (χ1) is 13.2. The summed E-state index contributed by atoms with van der Waals surface area (Å²) in [7, 11) is 0. The molecule has 0 bridgehead atoms. The van der Waals surface area contributed by atoms with E-state index in [1.807, 2.05) is 0 Å². The maximum Gasteiger partial charge on any atom is 0.312 e. The lowest BCUT2D eigenvalue weighted by atomic mass is 9.47. The molecule has 0 aliphatic heterocycles. The molecule has 156 valence electrons. The molecule has 0 aromatic rings. The van der Waals surface area contributed by atoms with Crippen LogP contribution in [0.2, 0.25) is 0 Å². The fourth-order valence-corrected chi connectivity index (χ4v) is 6.24. The number of ketones is 1. The fraction of sp³-hybridized carbons (Fsp3) is 0.760. The zero-order valence-electron chi connectivity index (χ0n) is 18.5. The maximum atomic E-state index is 13.1. The number of carbonyl (C=O) groups is 2. The van der Waals surface area contributed by atoms with Crippen LogP contribution in [0, 0.1) is 28.6 Å². The molecule has 0 spiro atoms. The van der Waals surface area contributed by atoms with Crippen LogP contribution in [-0.2, 0) is 14.3 Å². The first kappa shape index (κ1) is 21.3. The summed E-state index contributed by atoms with van der Waals surface area (Å²) >= 11 is 0. The van der Waals surface area contributed by atoms with Crippen molar-refractivity contribution < 1.29 is 14.3 Å². The first-order valence-electron chi connectivity index (χ1n) is 11.3. The standard InChI is InChI=1S/C25H38O3/c1-17(2)19-9-11-21-20(16-19)10-12-22-24(21,4)13-7-14-25(22,5)23(27)28-15-6-8-18(3)26/h10,16-17,21-22H,6-9,11-15H2,1-5H3. The van der Waals surface area contributed by atoms with Crippen molar-refractivity contribution in [1.82, 2.24) is 0 Å². The Labute approximate surface area is 171 Å². The Balaban J connectivity index is 1.79. The van der Waals surface area contributed by atoms with E-state index in [2.05, 4.69) is 39.8 Å². The highest BCUT2D eigenvalue weighted by Gasteiger charge is 2.57. The van der Waals surface area contributed by atoms with Crippen LogP contribution < -0.4 is 0 Å². The van der Waals surface area contributed by atoms with Crippen molar-refractivity contribution in [2.75, 3.05) is 6.61 Å². The van der Waals surface area contributed by atoms with Crippen LogP contribution in [0.5, 0.6) is 0 Å². The van der Waals surface area contributed by atoms with Crippen LogP contribution in [-0.4, -0.2) is 18.4 Å². The van der Waals surface area contributed by atoms with Gasteiger partial charge >= 0.3 is 5.97 Å². The molecule has 4 atom stereocenters. The molecule has 28 heavy (non-hydrogen) atoms. The minimum Gasteiger partial charge on any atom is -0.465 e. The third-order valence-corrected chi connectivity index (χ3v) is 7.95. The van der Waals surface area contributed by atoms with Gasteiger partial charge < -0.3 is 9.53 Å². The van der Waals surface area contributed by atoms with Crippen LogP contribution in [0.4, 0.5) is 0 Å². The molecule has 3 heteroatoms. The molecule has 0 heterocycles. The van der Waals surface area contributed by atoms with Gasteiger partial charge in [0, 0.05) is 6.42 Å². The lowest BCUT2D eigenvalue weighted by Gasteiger charge is -2.57. The molecule has 3 nitrogen and oxygen atoms in total. The molecule has 0 aromatic carbocycles. The zero-order valence-corrected chi connectivity index (χ0v) is 18.5. The van der Waals surface area contributed by atoms with Crippen LogP contribution in [0.25, 0.3) is 0 Å². The van der Waals surface area contributed by atoms with Crippen LogP contribution in [0.1, 0.15) is 86.0 Å². The smallest absolute Gasteiger partial charge is 0.312 e. The van der Waals surface area contributed by atoms with Gasteiger partial charge in [-0.25, -0.2) is 0 Å². The first-order valence-corrected chi connectivity index (χ1v) is 11.3. The average Bonchev–Trinajstić information content (AvgIpc) is 2.64. The van der Waals surface area contributed by atoms with Crippen molar-refractivity contribution in [3.63, 3.8) is 0 Å². The summed E-state index contributed by atoms with van der Waals surface area (Å²) in [5.74, 6) is 1.64. The molecule has 0 saturated heterocycles. The molecule has 0 amide bonds. The van der Waals surface area contributed by atoms with Crippen LogP contribution in [0.3, 0.4) is 0 Å². The van der Waals surface area contributed by atoms with Crippen molar-refractivity contribution in [1.29, 1.82) is 0 Å². The maximum absolute atomic E-state index is 13.1. The number of hydrogen-bond acceptors (Lipinski definition) is 3. The highest BCUT2D eigenvalue weighted by molar-refractivity contribution is 5.77. The SMILES string of the molecule is CC(=O)CCCOC(=O)C1(C)CCCC2(C)C3CCC(C(C)C)=CC3=CCC12. The molecular weight excluding hydrogens is 348 g/mol. The second-order valence-electron chi connectivity index (χ2n) is 10.2. The van der Waals surface area contributed by atoms with E-state index in [9.17, 15) is 9.59 Å². The van der Waals surface area contributed by atoms with E-state index in [1.165, 1.54) is 24.8 Å². The lowest BCUT2D eigenvalue weighted by Crippen LogP contribution is -2.53. The molecule has 1 saturated carbocycles. The van der Waals surface area contributed by atoms with Gasteiger partial charge in [-0.1, -0.05) is 44.9 Å². The quantitative estimate of drug-likeness (QED) is 0.413. The predicted octanol–water partition coefficient (Wildman–Crippen LogP) is 6.03. The van der Waals surface area contributed by atoms with E-state index in [4.69, 9.17) is 4.74 Å². The predicted molar refractivity (Wildman–Crippen MR) is 113 cm³/mol. The number of fused-ring (bicyclic) bond motifs is 3. The van der Waals surface area contributed by atoms with Crippen LogP contribution in [0.15, 0.2) is 23.3 Å². The molecule has 1 fully saturated rings. The number of esters is 1. The van der Waals surface area contributed by atoms with E-state index in [0.29, 0.717) is 37.2 Å². The summed E-state index contributed by atoms with van der Waals surface area (Å²) in [5.41, 5.74) is 2.86. The van der Waals surface area contributed by atoms with Gasteiger partial charge in [-0.2, -0.15) is 0 Å². The zero-order chi connectivity index (χ0) is 20.5. The van der Waals surface area contributed by atoms with Gasteiger partial charge in [0.1, 0.15) is 5.78 Å². The van der Waals surface area contributed by atoms with Gasteiger partial charge in [-0.15, -0.1) is 0 Å². The number of rotatable bonds is 6. The molecule has 0 N–H and O–H groups in total. The van der Waals surface area contributed by atoms with Gasteiger partial charge in [0.2, 0.25) is 0 Å². The van der Waals surface area contributed by atoms with Gasteiger partial charge in [-0.05, 0) is 81.1 Å². The van der Waals surface area contributed by atoms with E-state index < -0.39 is 5.41 Å². The second-order valence-corrected chi connectivity index (χ2v) is 10.2. The minimum absolute atomic E-state index is 0.0435. The monoisotopic (exact) mass is 386 g/mol.